The van der Waals surface area contributed by atoms with Gasteiger partial charge in [0, 0.05) is 50.9 Å². The number of aliphatic hydroxyl groups excluding tert-OH is 1. The largest absolute Gasteiger partial charge is 0.416 e. The van der Waals surface area contributed by atoms with Crippen molar-refractivity contribution in [2.75, 3.05) is 34.9 Å². The van der Waals surface area contributed by atoms with Gasteiger partial charge in [-0.3, -0.25) is 24.3 Å². The predicted octanol–water partition coefficient (Wildman–Crippen LogP) is 4.42. The second kappa shape index (κ2) is 11.7. The molecule has 0 saturated carbocycles. The fourth-order valence-electron chi connectivity index (χ4n) is 6.69. The van der Waals surface area contributed by atoms with Crippen molar-refractivity contribution in [2.24, 2.45) is 5.92 Å². The van der Waals surface area contributed by atoms with Crippen LogP contribution in [0.4, 0.5) is 30.4 Å². The van der Waals surface area contributed by atoms with Gasteiger partial charge in [0.15, 0.2) is 0 Å². The van der Waals surface area contributed by atoms with E-state index in [2.05, 4.69) is 16.5 Å². The third kappa shape index (κ3) is 5.36. The maximum Gasteiger partial charge on any atom is 0.416 e. The number of para-hydroxylation sites is 1. The minimum Gasteiger partial charge on any atom is -0.394 e. The second-order valence-electron chi connectivity index (χ2n) is 11.7. The number of hydrogen-bond acceptors (Lipinski definition) is 7. The number of pyridine rings is 2. The summed E-state index contributed by atoms with van der Waals surface area (Å²) in [4.78, 5) is 54.7. The number of rotatable bonds is 5. The van der Waals surface area contributed by atoms with Crippen LogP contribution in [0.15, 0.2) is 55.3 Å². The predicted molar refractivity (Wildman–Crippen MR) is 164 cm³/mol. The zero-order valence-corrected chi connectivity index (χ0v) is 25.7. The fraction of sp³-hybridized carbons (Fsp3) is 0.344. The van der Waals surface area contributed by atoms with E-state index in [-0.39, 0.29) is 50.1 Å². The minimum absolute atomic E-state index is 0.0624. The molecule has 2 aromatic heterocycles. The molecule has 240 valence electrons. The van der Waals surface area contributed by atoms with E-state index in [1.165, 1.54) is 22.8 Å². The third-order valence-electron chi connectivity index (χ3n) is 8.72. The molecular weight excluding hydrogens is 625 g/mol. The van der Waals surface area contributed by atoms with E-state index in [9.17, 15) is 32.7 Å². The summed E-state index contributed by atoms with van der Waals surface area (Å²) in [6.45, 7) is 5.29. The SMILES string of the molecule is C=CC(=O)N1Cc2cc(CN3C[C@H]4CC(=O)N(c5cc(C(F)(F)F)cc(C)n5)[C@@H]4C(=O)N(C)c4cccc(Cl)c43)cnc2[C@@H]1CO. The minimum atomic E-state index is -4.67. The van der Waals surface area contributed by atoms with Crippen LogP contribution in [0.1, 0.15) is 40.5 Å². The average Bonchev–Trinajstić information content (AvgIpc) is 3.54. The van der Waals surface area contributed by atoms with Crippen molar-refractivity contribution in [2.45, 2.75) is 44.7 Å². The van der Waals surface area contributed by atoms with E-state index in [4.69, 9.17) is 11.6 Å². The van der Waals surface area contributed by atoms with Crippen molar-refractivity contribution >= 4 is 46.5 Å². The number of nitrogens with zero attached hydrogens (tertiary/aromatic N) is 6. The number of aryl methyl sites for hydroxylation is 1. The molecule has 1 aromatic carbocycles. The lowest BCUT2D eigenvalue weighted by Gasteiger charge is -2.39. The number of carbonyl (C=O) groups is 3. The van der Waals surface area contributed by atoms with E-state index >= 15 is 0 Å². The summed E-state index contributed by atoms with van der Waals surface area (Å²) in [5, 5.41) is 10.3. The highest BCUT2D eigenvalue weighted by Crippen LogP contribution is 2.44. The molecule has 3 amide bonds. The fourth-order valence-corrected chi connectivity index (χ4v) is 6.98. The first-order chi connectivity index (χ1) is 21.8. The number of anilines is 3. The van der Waals surface area contributed by atoms with Gasteiger partial charge in [-0.15, -0.1) is 0 Å². The Morgan fingerprint density at radius 3 is 2.67 bits per heavy atom. The van der Waals surface area contributed by atoms with Crippen molar-refractivity contribution in [3.63, 3.8) is 0 Å². The maximum absolute atomic E-state index is 14.1. The lowest BCUT2D eigenvalue weighted by Crippen LogP contribution is -2.52. The Bertz CT molecular complexity index is 1770. The Morgan fingerprint density at radius 2 is 1.98 bits per heavy atom. The van der Waals surface area contributed by atoms with E-state index in [0.29, 0.717) is 22.1 Å². The summed E-state index contributed by atoms with van der Waals surface area (Å²) >= 11 is 6.75. The molecule has 10 nitrogen and oxygen atoms in total. The topological polar surface area (TPSA) is 110 Å². The quantitative estimate of drug-likeness (QED) is 0.406. The van der Waals surface area contributed by atoms with E-state index in [1.54, 1.807) is 31.4 Å². The highest BCUT2D eigenvalue weighted by Gasteiger charge is 2.49. The summed E-state index contributed by atoms with van der Waals surface area (Å²) < 4.78 is 41.2. The summed E-state index contributed by atoms with van der Waals surface area (Å²) in [6, 6.07) is 6.97. The van der Waals surface area contributed by atoms with Crippen LogP contribution < -0.4 is 14.7 Å². The average molecular weight is 655 g/mol. The number of aliphatic hydroxyl groups is 1. The van der Waals surface area contributed by atoms with Crippen LogP contribution in [0.2, 0.25) is 5.02 Å². The smallest absolute Gasteiger partial charge is 0.394 e. The van der Waals surface area contributed by atoms with Crippen LogP contribution in [0, 0.1) is 12.8 Å². The molecule has 3 aliphatic rings. The van der Waals surface area contributed by atoms with Crippen molar-refractivity contribution in [3.05, 3.63) is 88.4 Å². The van der Waals surface area contributed by atoms with Crippen LogP contribution in [-0.4, -0.2) is 63.9 Å². The molecule has 46 heavy (non-hydrogen) atoms. The number of hydrogen-bond donors (Lipinski definition) is 1. The molecule has 0 spiro atoms. The van der Waals surface area contributed by atoms with Crippen LogP contribution in [0.3, 0.4) is 0 Å². The van der Waals surface area contributed by atoms with Gasteiger partial charge in [0.2, 0.25) is 17.7 Å². The number of halogens is 4. The molecular formula is C32H30ClF3N6O4. The Morgan fingerprint density at radius 1 is 1.22 bits per heavy atom. The van der Waals surface area contributed by atoms with Gasteiger partial charge in [0.25, 0.3) is 0 Å². The second-order valence-corrected chi connectivity index (χ2v) is 12.1. The van der Waals surface area contributed by atoms with Crippen molar-refractivity contribution < 1.29 is 32.7 Å². The molecule has 1 N–H and O–H groups in total. The Labute approximate surface area is 267 Å². The number of fused-ring (bicyclic) bond motifs is 3. The van der Waals surface area contributed by atoms with Crippen molar-refractivity contribution in [1.29, 1.82) is 0 Å². The van der Waals surface area contributed by atoms with Gasteiger partial charge in [-0.05, 0) is 54.5 Å². The number of alkyl halides is 3. The molecule has 0 aliphatic carbocycles. The molecule has 6 rings (SSSR count). The molecule has 0 radical (unpaired) electrons. The van der Waals surface area contributed by atoms with Crippen LogP contribution in [0.5, 0.6) is 0 Å². The first kappa shape index (κ1) is 31.5. The van der Waals surface area contributed by atoms with Crippen molar-refractivity contribution in [1.82, 2.24) is 14.9 Å². The zero-order chi connectivity index (χ0) is 33.1. The van der Waals surface area contributed by atoms with Crippen molar-refractivity contribution in [3.8, 4) is 0 Å². The number of carbonyl (C=O) groups excluding carboxylic acids is 3. The monoisotopic (exact) mass is 654 g/mol. The van der Waals surface area contributed by atoms with Gasteiger partial charge in [0.1, 0.15) is 11.9 Å². The summed E-state index contributed by atoms with van der Waals surface area (Å²) in [6.07, 6.45) is -1.94. The first-order valence-electron chi connectivity index (χ1n) is 14.5. The lowest BCUT2D eigenvalue weighted by atomic mass is 9.95. The molecule has 0 bridgehead atoms. The lowest BCUT2D eigenvalue weighted by molar-refractivity contribution is -0.137. The highest BCUT2D eigenvalue weighted by molar-refractivity contribution is 6.34. The summed E-state index contributed by atoms with van der Waals surface area (Å²) in [5.74, 6) is -2.17. The highest BCUT2D eigenvalue weighted by atomic mass is 35.5. The van der Waals surface area contributed by atoms with Gasteiger partial charge in [-0.2, -0.15) is 13.2 Å². The van der Waals surface area contributed by atoms with E-state index in [1.807, 2.05) is 11.0 Å². The number of likely N-dealkylation sites (N-methyl/N-ethyl adjacent to an activating group) is 1. The third-order valence-corrected chi connectivity index (χ3v) is 9.03. The van der Waals surface area contributed by atoms with Gasteiger partial charge < -0.3 is 19.8 Å². The van der Waals surface area contributed by atoms with E-state index in [0.717, 1.165) is 28.2 Å². The van der Waals surface area contributed by atoms with Crippen LogP contribution in [-0.2, 0) is 33.6 Å². The Hall–Kier alpha value is -4.49. The molecule has 3 aliphatic heterocycles. The molecule has 3 atom stereocenters. The zero-order valence-electron chi connectivity index (χ0n) is 25.0. The van der Waals surface area contributed by atoms with Gasteiger partial charge in [-0.1, -0.05) is 24.2 Å². The standard InChI is InChI=1S/C32H30ClF3N6O4/c1-4-26(44)41-15-19-9-18(12-37-28(19)24(41)16-43)13-40-14-20-10-27(45)42(25-11-21(32(34,35)36)8-17(2)38-25)29(20)31(46)39(3)23-7-5-6-22(33)30(23)40/h4-9,11-12,20,24,29,43H,1,10,13-16H2,2-3H3/t20-,24+,29+/m1/s1. The number of aromatic nitrogens is 2. The summed E-state index contributed by atoms with van der Waals surface area (Å²) in [5.41, 5.74) is 2.20. The first-order valence-corrected chi connectivity index (χ1v) is 14.9. The van der Waals surface area contributed by atoms with Crippen LogP contribution >= 0.6 is 11.6 Å². The molecule has 0 unspecified atom stereocenters. The number of amides is 3. The van der Waals surface area contributed by atoms with Gasteiger partial charge in [0.05, 0.1) is 40.3 Å². The van der Waals surface area contributed by atoms with Gasteiger partial charge in [-0.25, -0.2) is 4.98 Å². The van der Waals surface area contributed by atoms with Gasteiger partial charge >= 0.3 is 6.18 Å². The molecule has 3 aromatic rings. The van der Waals surface area contributed by atoms with Crippen LogP contribution in [0.25, 0.3) is 0 Å². The normalized spacial score (nSPS) is 21.2. The van der Waals surface area contributed by atoms with E-state index < -0.39 is 41.6 Å². The molecule has 1 fully saturated rings. The Kier molecular flexibility index (Phi) is 8.01. The molecule has 14 heteroatoms. The summed E-state index contributed by atoms with van der Waals surface area (Å²) in [7, 11) is 1.54. The molecule has 5 heterocycles. The number of benzene rings is 1. The molecule has 1 saturated heterocycles. The maximum atomic E-state index is 14.1. The Balaban J connectivity index is 1.40.